The van der Waals surface area contributed by atoms with Gasteiger partial charge in [0, 0.05) is 17.3 Å². The maximum Gasteiger partial charge on any atom is 0.332 e. The zero-order valence-corrected chi connectivity index (χ0v) is 13.5. The fourth-order valence-electron chi connectivity index (χ4n) is 2.31. The largest absolute Gasteiger partial charge is 0.350 e. The van der Waals surface area contributed by atoms with Crippen LogP contribution in [-0.4, -0.2) is 22.0 Å². The second-order valence-electron chi connectivity index (χ2n) is 5.45. The van der Waals surface area contributed by atoms with Gasteiger partial charge in [0.15, 0.2) is 0 Å². The van der Waals surface area contributed by atoms with Crippen LogP contribution < -0.4 is 11.2 Å². The van der Waals surface area contributed by atoms with Crippen molar-refractivity contribution in [1.82, 2.24) is 15.2 Å². The lowest BCUT2D eigenvalue weighted by Crippen LogP contribution is -2.24. The van der Waals surface area contributed by atoms with Crippen LogP contribution >= 0.6 is 0 Å². The lowest BCUT2D eigenvalue weighted by Gasteiger charge is -2.01. The number of benzene rings is 2. The third-order valence-corrected chi connectivity index (χ3v) is 3.54. The number of halogens is 1. The van der Waals surface area contributed by atoms with E-state index >= 15 is 0 Å². The van der Waals surface area contributed by atoms with E-state index in [1.165, 1.54) is 18.3 Å². The predicted octanol–water partition coefficient (Wildman–Crippen LogP) is 2.99. The summed E-state index contributed by atoms with van der Waals surface area (Å²) in [6.07, 6.45) is 3.21. The Kier molecular flexibility index (Phi) is 4.56. The molecule has 0 unspecified atom stereocenters. The first-order valence-corrected chi connectivity index (χ1v) is 7.54. The van der Waals surface area contributed by atoms with Crippen molar-refractivity contribution < 1.29 is 9.18 Å². The molecule has 0 fully saturated rings. The number of nitrogens with two attached hydrogens (primary N) is 1. The molecule has 0 spiro atoms. The van der Waals surface area contributed by atoms with Crippen molar-refractivity contribution in [2.75, 3.05) is 0 Å². The number of hydrazone groups is 1. The van der Waals surface area contributed by atoms with Crippen molar-refractivity contribution in [2.24, 2.45) is 10.8 Å². The number of nitrogens with one attached hydrogen (secondary N) is 1. The van der Waals surface area contributed by atoms with Crippen LogP contribution in [0.1, 0.15) is 11.1 Å². The molecule has 1 aromatic heterocycles. The Labute approximate surface area is 143 Å². The Hall–Kier alpha value is -3.48. The summed E-state index contributed by atoms with van der Waals surface area (Å²) in [4.78, 5) is 10.8. The summed E-state index contributed by atoms with van der Waals surface area (Å²) in [5.74, 6) is -0.317. The standard InChI is InChI=1S/C18H16FN5O/c1-12-2-4-13(5-3-12)17-14(10-21-22-18(20)25)11-24(23-17)16-8-6-15(19)7-9-16/h2-11H,1H3,(H3,20,22,25)/b21-10-. The van der Waals surface area contributed by atoms with Crippen LogP contribution in [0.3, 0.4) is 0 Å². The quantitative estimate of drug-likeness (QED) is 0.566. The van der Waals surface area contributed by atoms with Crippen molar-refractivity contribution >= 4 is 12.2 Å². The third-order valence-electron chi connectivity index (χ3n) is 3.54. The van der Waals surface area contributed by atoms with E-state index in [0.717, 1.165) is 11.1 Å². The molecule has 126 valence electrons. The van der Waals surface area contributed by atoms with E-state index in [-0.39, 0.29) is 5.82 Å². The predicted molar refractivity (Wildman–Crippen MR) is 94.0 cm³/mol. The molecule has 0 bridgehead atoms. The topological polar surface area (TPSA) is 85.3 Å². The van der Waals surface area contributed by atoms with Gasteiger partial charge < -0.3 is 5.73 Å². The summed E-state index contributed by atoms with van der Waals surface area (Å²) >= 11 is 0. The van der Waals surface area contributed by atoms with E-state index < -0.39 is 6.03 Å². The second kappa shape index (κ2) is 6.96. The average Bonchev–Trinajstić information content (AvgIpc) is 3.00. The Morgan fingerprint density at radius 1 is 1.20 bits per heavy atom. The molecule has 0 aliphatic heterocycles. The number of primary amides is 1. The molecule has 0 atom stereocenters. The highest BCUT2D eigenvalue weighted by atomic mass is 19.1. The minimum Gasteiger partial charge on any atom is -0.350 e. The molecule has 0 aliphatic rings. The molecule has 0 saturated heterocycles. The number of aromatic nitrogens is 2. The van der Waals surface area contributed by atoms with Crippen molar-refractivity contribution in [3.05, 3.63) is 71.7 Å². The number of carbonyl (C=O) groups excluding carboxylic acids is 1. The normalized spacial score (nSPS) is 11.0. The first kappa shape index (κ1) is 16.4. The van der Waals surface area contributed by atoms with Crippen LogP contribution in [0.5, 0.6) is 0 Å². The fraction of sp³-hybridized carbons (Fsp3) is 0.0556. The molecule has 3 N–H and O–H groups in total. The zero-order chi connectivity index (χ0) is 17.8. The van der Waals surface area contributed by atoms with Crippen LogP contribution in [0.25, 0.3) is 16.9 Å². The molecule has 0 saturated carbocycles. The van der Waals surface area contributed by atoms with E-state index in [1.807, 2.05) is 31.2 Å². The number of nitrogens with zero attached hydrogens (tertiary/aromatic N) is 3. The number of hydrogen-bond donors (Lipinski definition) is 2. The van der Waals surface area contributed by atoms with Crippen molar-refractivity contribution in [3.63, 3.8) is 0 Å². The molecule has 0 aliphatic carbocycles. The van der Waals surface area contributed by atoms with Gasteiger partial charge in [-0.05, 0) is 31.2 Å². The lowest BCUT2D eigenvalue weighted by molar-refractivity contribution is 0.249. The Balaban J connectivity index is 2.04. The minimum atomic E-state index is -0.751. The number of carbonyl (C=O) groups is 1. The highest BCUT2D eigenvalue weighted by Gasteiger charge is 2.11. The highest BCUT2D eigenvalue weighted by Crippen LogP contribution is 2.23. The smallest absolute Gasteiger partial charge is 0.332 e. The summed E-state index contributed by atoms with van der Waals surface area (Å²) in [7, 11) is 0. The van der Waals surface area contributed by atoms with E-state index in [2.05, 4.69) is 15.6 Å². The molecule has 2 aromatic carbocycles. The van der Waals surface area contributed by atoms with Crippen LogP contribution in [-0.2, 0) is 0 Å². The summed E-state index contributed by atoms with van der Waals surface area (Å²) in [5.41, 5.74) is 11.3. The number of hydrogen-bond acceptors (Lipinski definition) is 3. The minimum absolute atomic E-state index is 0.317. The van der Waals surface area contributed by atoms with Gasteiger partial charge in [-0.3, -0.25) is 0 Å². The number of amides is 2. The van der Waals surface area contributed by atoms with E-state index in [4.69, 9.17) is 5.73 Å². The van der Waals surface area contributed by atoms with Crippen LogP contribution in [0.2, 0.25) is 0 Å². The number of urea groups is 1. The Morgan fingerprint density at radius 2 is 1.88 bits per heavy atom. The van der Waals surface area contributed by atoms with Gasteiger partial charge in [-0.15, -0.1) is 0 Å². The zero-order valence-electron chi connectivity index (χ0n) is 13.5. The molecular weight excluding hydrogens is 321 g/mol. The molecule has 3 rings (SSSR count). The number of rotatable bonds is 4. The molecular formula is C18H16FN5O. The molecule has 1 heterocycles. The molecule has 6 nitrogen and oxygen atoms in total. The van der Waals surface area contributed by atoms with Gasteiger partial charge in [0.2, 0.25) is 0 Å². The monoisotopic (exact) mass is 337 g/mol. The highest BCUT2D eigenvalue weighted by molar-refractivity contribution is 5.89. The van der Waals surface area contributed by atoms with Gasteiger partial charge in [-0.25, -0.2) is 19.3 Å². The van der Waals surface area contributed by atoms with Crippen LogP contribution in [0.4, 0.5) is 9.18 Å². The molecule has 0 radical (unpaired) electrons. The molecule has 3 aromatic rings. The maximum absolute atomic E-state index is 13.1. The summed E-state index contributed by atoms with van der Waals surface area (Å²) in [5, 5.41) is 8.37. The summed E-state index contributed by atoms with van der Waals surface area (Å²) in [6, 6.07) is 13.1. The Bertz CT molecular complexity index is 914. The van der Waals surface area contributed by atoms with Crippen LogP contribution in [0.15, 0.2) is 59.8 Å². The van der Waals surface area contributed by atoms with Gasteiger partial charge in [0.25, 0.3) is 0 Å². The molecule has 2 amide bonds. The lowest BCUT2D eigenvalue weighted by atomic mass is 10.1. The van der Waals surface area contributed by atoms with Gasteiger partial charge in [0.05, 0.1) is 11.9 Å². The first-order valence-electron chi connectivity index (χ1n) is 7.54. The fourth-order valence-corrected chi connectivity index (χ4v) is 2.31. The SMILES string of the molecule is Cc1ccc(-c2nn(-c3ccc(F)cc3)cc2/C=N\NC(N)=O)cc1. The van der Waals surface area contributed by atoms with Gasteiger partial charge in [-0.1, -0.05) is 29.8 Å². The Morgan fingerprint density at radius 3 is 2.52 bits per heavy atom. The van der Waals surface area contributed by atoms with Gasteiger partial charge in [0.1, 0.15) is 11.5 Å². The average molecular weight is 337 g/mol. The van der Waals surface area contributed by atoms with E-state index in [1.54, 1.807) is 23.0 Å². The van der Waals surface area contributed by atoms with E-state index in [9.17, 15) is 9.18 Å². The van der Waals surface area contributed by atoms with Gasteiger partial charge >= 0.3 is 6.03 Å². The second-order valence-corrected chi connectivity index (χ2v) is 5.45. The first-order chi connectivity index (χ1) is 12.0. The summed E-state index contributed by atoms with van der Waals surface area (Å²) in [6.45, 7) is 2.00. The third kappa shape index (κ3) is 3.89. The van der Waals surface area contributed by atoms with Crippen molar-refractivity contribution in [3.8, 4) is 16.9 Å². The summed E-state index contributed by atoms with van der Waals surface area (Å²) < 4.78 is 14.8. The van der Waals surface area contributed by atoms with Gasteiger partial charge in [-0.2, -0.15) is 10.2 Å². The van der Waals surface area contributed by atoms with Crippen molar-refractivity contribution in [2.45, 2.75) is 6.92 Å². The molecule has 7 heteroatoms. The number of aryl methyl sites for hydroxylation is 1. The van der Waals surface area contributed by atoms with Crippen molar-refractivity contribution in [1.29, 1.82) is 0 Å². The maximum atomic E-state index is 13.1. The van der Waals surface area contributed by atoms with Crippen LogP contribution in [0, 0.1) is 12.7 Å². The van der Waals surface area contributed by atoms with E-state index in [0.29, 0.717) is 16.9 Å². The molecule has 25 heavy (non-hydrogen) atoms.